The highest BCUT2D eigenvalue weighted by Crippen LogP contribution is 2.38. The van der Waals surface area contributed by atoms with Crippen LogP contribution in [-0.2, 0) is 6.42 Å². The molecule has 1 N–H and O–H groups in total. The molecule has 23 heavy (non-hydrogen) atoms. The number of aryl methyl sites for hydroxylation is 2. The van der Waals surface area contributed by atoms with Crippen LogP contribution in [0.3, 0.4) is 0 Å². The van der Waals surface area contributed by atoms with Crippen molar-refractivity contribution in [2.75, 3.05) is 11.9 Å². The van der Waals surface area contributed by atoms with Crippen LogP contribution < -0.4 is 14.8 Å². The van der Waals surface area contributed by atoms with Gasteiger partial charge < -0.3 is 19.3 Å². The van der Waals surface area contributed by atoms with Crippen LogP contribution in [0.25, 0.3) is 0 Å². The standard InChI is InChI=1S/C17H20N2O4/c1-5-21-15-7-12-6-9(2)22-14(12)8-13(15)18-17(20)16-10(3)19-23-11(16)4/h7-9H,5-6H2,1-4H3,(H,18,20)/t9-/m1/s1. The van der Waals surface area contributed by atoms with E-state index < -0.39 is 0 Å². The summed E-state index contributed by atoms with van der Waals surface area (Å²) in [5.41, 5.74) is 2.69. The van der Waals surface area contributed by atoms with Gasteiger partial charge in [0.1, 0.15) is 28.9 Å². The molecule has 1 amide bonds. The van der Waals surface area contributed by atoms with Crippen LogP contribution in [0.2, 0.25) is 0 Å². The lowest BCUT2D eigenvalue weighted by atomic mass is 10.1. The number of nitrogens with one attached hydrogen (secondary N) is 1. The van der Waals surface area contributed by atoms with Gasteiger partial charge in [-0.25, -0.2) is 0 Å². The molecule has 6 nitrogen and oxygen atoms in total. The van der Waals surface area contributed by atoms with Gasteiger partial charge in [0.25, 0.3) is 5.91 Å². The second kappa shape index (κ2) is 5.95. The van der Waals surface area contributed by atoms with Crippen molar-refractivity contribution in [3.63, 3.8) is 0 Å². The van der Waals surface area contributed by atoms with Crippen molar-refractivity contribution in [1.82, 2.24) is 5.16 Å². The Kier molecular flexibility index (Phi) is 3.98. The molecule has 0 unspecified atom stereocenters. The van der Waals surface area contributed by atoms with Crippen molar-refractivity contribution in [3.05, 3.63) is 34.7 Å². The van der Waals surface area contributed by atoms with Gasteiger partial charge in [0, 0.05) is 18.1 Å². The quantitative estimate of drug-likeness (QED) is 0.937. The number of benzene rings is 1. The van der Waals surface area contributed by atoms with Gasteiger partial charge >= 0.3 is 0 Å². The second-order valence-corrected chi connectivity index (χ2v) is 5.67. The third-order valence-electron chi connectivity index (χ3n) is 3.81. The van der Waals surface area contributed by atoms with Gasteiger partial charge in [-0.1, -0.05) is 5.16 Å². The molecule has 0 bridgehead atoms. The minimum Gasteiger partial charge on any atom is -0.492 e. The molecule has 0 saturated heterocycles. The molecule has 1 aromatic carbocycles. The summed E-state index contributed by atoms with van der Waals surface area (Å²) in [6.07, 6.45) is 0.973. The lowest BCUT2D eigenvalue weighted by Gasteiger charge is -2.13. The predicted octanol–water partition coefficient (Wildman–Crippen LogP) is 3.27. The van der Waals surface area contributed by atoms with Crippen LogP contribution in [0.1, 0.15) is 41.2 Å². The highest BCUT2D eigenvalue weighted by atomic mass is 16.5. The van der Waals surface area contributed by atoms with E-state index in [1.54, 1.807) is 13.8 Å². The van der Waals surface area contributed by atoms with E-state index >= 15 is 0 Å². The highest BCUT2D eigenvalue weighted by Gasteiger charge is 2.24. The largest absolute Gasteiger partial charge is 0.492 e. The molecule has 0 aliphatic carbocycles. The Bertz CT molecular complexity index is 732. The molecule has 0 spiro atoms. The molecule has 0 saturated carbocycles. The third-order valence-corrected chi connectivity index (χ3v) is 3.81. The molecule has 2 aromatic rings. The molecule has 0 fully saturated rings. The van der Waals surface area contributed by atoms with Crippen LogP contribution in [0.15, 0.2) is 16.7 Å². The summed E-state index contributed by atoms with van der Waals surface area (Å²) in [4.78, 5) is 12.5. The number of carbonyl (C=O) groups is 1. The molecule has 122 valence electrons. The molecule has 2 heterocycles. The fourth-order valence-corrected chi connectivity index (χ4v) is 2.80. The van der Waals surface area contributed by atoms with Gasteiger partial charge in [-0.3, -0.25) is 4.79 Å². The first-order valence-corrected chi connectivity index (χ1v) is 7.70. The molecule has 3 rings (SSSR count). The monoisotopic (exact) mass is 316 g/mol. The molecule has 1 aromatic heterocycles. The lowest BCUT2D eigenvalue weighted by molar-refractivity contribution is 0.102. The summed E-state index contributed by atoms with van der Waals surface area (Å²) in [6.45, 7) is 7.90. The average Bonchev–Trinajstić information content (AvgIpc) is 3.00. The number of rotatable bonds is 4. The van der Waals surface area contributed by atoms with Crippen LogP contribution in [0.5, 0.6) is 11.5 Å². The Morgan fingerprint density at radius 2 is 2.22 bits per heavy atom. The number of carbonyl (C=O) groups excluding carboxylic acids is 1. The number of anilines is 1. The number of aromatic nitrogens is 1. The summed E-state index contributed by atoms with van der Waals surface area (Å²) in [5, 5.41) is 6.69. The Morgan fingerprint density at radius 1 is 1.43 bits per heavy atom. The Balaban J connectivity index is 1.93. The fourth-order valence-electron chi connectivity index (χ4n) is 2.80. The maximum atomic E-state index is 12.5. The predicted molar refractivity (Wildman–Crippen MR) is 85.3 cm³/mol. The van der Waals surface area contributed by atoms with Gasteiger partial charge in [0.2, 0.25) is 0 Å². The van der Waals surface area contributed by atoms with Gasteiger partial charge in [-0.2, -0.15) is 0 Å². The SMILES string of the molecule is CCOc1cc2c(cc1NC(=O)c1c(C)noc1C)O[C@H](C)C2. The smallest absolute Gasteiger partial charge is 0.261 e. The van der Waals surface area contributed by atoms with E-state index in [0.717, 1.165) is 17.7 Å². The average molecular weight is 316 g/mol. The van der Waals surface area contributed by atoms with Gasteiger partial charge in [0.15, 0.2) is 0 Å². The van der Waals surface area contributed by atoms with Crippen molar-refractivity contribution in [2.45, 2.75) is 40.2 Å². The minimum atomic E-state index is -0.270. The topological polar surface area (TPSA) is 73.6 Å². The Labute approximate surface area is 134 Å². The molecule has 0 radical (unpaired) electrons. The van der Waals surface area contributed by atoms with Crippen molar-refractivity contribution >= 4 is 11.6 Å². The van der Waals surface area contributed by atoms with E-state index in [0.29, 0.717) is 35.1 Å². The van der Waals surface area contributed by atoms with Crippen molar-refractivity contribution in [2.24, 2.45) is 0 Å². The minimum absolute atomic E-state index is 0.132. The van der Waals surface area contributed by atoms with Crippen LogP contribution in [0.4, 0.5) is 5.69 Å². The third kappa shape index (κ3) is 2.88. The zero-order chi connectivity index (χ0) is 16.6. The first-order chi connectivity index (χ1) is 11.0. The number of hydrogen-bond acceptors (Lipinski definition) is 5. The summed E-state index contributed by atoms with van der Waals surface area (Å²) >= 11 is 0. The van der Waals surface area contributed by atoms with Crippen molar-refractivity contribution in [3.8, 4) is 11.5 Å². The maximum absolute atomic E-state index is 12.5. The molecular weight excluding hydrogens is 296 g/mol. The lowest BCUT2D eigenvalue weighted by Crippen LogP contribution is -2.14. The summed E-state index contributed by atoms with van der Waals surface area (Å²) in [5.74, 6) is 1.65. The van der Waals surface area contributed by atoms with E-state index in [4.69, 9.17) is 14.0 Å². The first-order valence-electron chi connectivity index (χ1n) is 7.70. The van der Waals surface area contributed by atoms with E-state index in [9.17, 15) is 4.79 Å². The molecular formula is C17H20N2O4. The Hall–Kier alpha value is -2.50. The van der Waals surface area contributed by atoms with Crippen LogP contribution >= 0.6 is 0 Å². The van der Waals surface area contributed by atoms with Gasteiger partial charge in [-0.15, -0.1) is 0 Å². The maximum Gasteiger partial charge on any atom is 0.261 e. The van der Waals surface area contributed by atoms with Crippen LogP contribution in [-0.4, -0.2) is 23.8 Å². The normalized spacial score (nSPS) is 15.9. The molecule has 6 heteroatoms. The van der Waals surface area contributed by atoms with E-state index in [1.165, 1.54) is 0 Å². The molecule has 1 atom stereocenters. The van der Waals surface area contributed by atoms with Crippen LogP contribution in [0, 0.1) is 13.8 Å². The zero-order valence-corrected chi connectivity index (χ0v) is 13.7. The van der Waals surface area contributed by atoms with E-state index in [2.05, 4.69) is 10.5 Å². The van der Waals surface area contributed by atoms with Crippen molar-refractivity contribution in [1.29, 1.82) is 0 Å². The number of ether oxygens (including phenoxy) is 2. The highest BCUT2D eigenvalue weighted by molar-refractivity contribution is 6.06. The zero-order valence-electron chi connectivity index (χ0n) is 13.7. The fraction of sp³-hybridized carbons (Fsp3) is 0.412. The second-order valence-electron chi connectivity index (χ2n) is 5.67. The molecule has 1 aliphatic heterocycles. The first kappa shape index (κ1) is 15.4. The van der Waals surface area contributed by atoms with Gasteiger partial charge in [0.05, 0.1) is 18.0 Å². The summed E-state index contributed by atoms with van der Waals surface area (Å²) in [7, 11) is 0. The van der Waals surface area contributed by atoms with E-state index in [-0.39, 0.29) is 12.0 Å². The Morgan fingerprint density at radius 3 is 2.87 bits per heavy atom. The summed E-state index contributed by atoms with van der Waals surface area (Å²) < 4.78 is 16.5. The van der Waals surface area contributed by atoms with E-state index in [1.807, 2.05) is 26.0 Å². The number of amides is 1. The van der Waals surface area contributed by atoms with Crippen molar-refractivity contribution < 1.29 is 18.8 Å². The number of nitrogens with zero attached hydrogens (tertiary/aromatic N) is 1. The number of hydrogen-bond donors (Lipinski definition) is 1. The van der Waals surface area contributed by atoms with Gasteiger partial charge in [-0.05, 0) is 33.8 Å². The number of fused-ring (bicyclic) bond motifs is 1. The molecule has 1 aliphatic rings. The summed E-state index contributed by atoms with van der Waals surface area (Å²) in [6, 6.07) is 3.76.